The summed E-state index contributed by atoms with van der Waals surface area (Å²) in [6.07, 6.45) is 5.14. The molecule has 0 spiro atoms. The number of nitrogens with zero attached hydrogens (tertiary/aromatic N) is 7. The zero-order valence-corrected chi connectivity index (χ0v) is 20.7. The number of benzene rings is 1. The first kappa shape index (κ1) is 24.8. The second-order valence-corrected chi connectivity index (χ2v) is 9.32. The van der Waals surface area contributed by atoms with Crippen molar-refractivity contribution >= 4 is 11.6 Å². The van der Waals surface area contributed by atoms with Crippen LogP contribution in [0, 0.1) is 18.6 Å². The number of pyridine rings is 1. The highest BCUT2D eigenvalue weighted by Gasteiger charge is 2.46. The number of fused-ring (bicyclic) bond motifs is 3. The van der Waals surface area contributed by atoms with Crippen LogP contribution in [-0.4, -0.2) is 40.8 Å². The Morgan fingerprint density at radius 1 is 1.13 bits per heavy atom. The van der Waals surface area contributed by atoms with E-state index in [-0.39, 0.29) is 12.4 Å². The van der Waals surface area contributed by atoms with Crippen molar-refractivity contribution in [2.24, 2.45) is 7.05 Å². The van der Waals surface area contributed by atoms with Crippen LogP contribution in [0.1, 0.15) is 23.0 Å². The molecule has 1 aliphatic rings. The predicted molar refractivity (Wildman–Crippen MR) is 132 cm³/mol. The Labute approximate surface area is 218 Å². The van der Waals surface area contributed by atoms with Crippen LogP contribution >= 0.6 is 0 Å². The van der Waals surface area contributed by atoms with Gasteiger partial charge in [-0.25, -0.2) is 18.2 Å². The van der Waals surface area contributed by atoms with Gasteiger partial charge in [0.05, 0.1) is 23.5 Å². The minimum absolute atomic E-state index is 0.00146. The number of nitrogens with one attached hydrogen (secondary N) is 1. The van der Waals surface area contributed by atoms with Crippen molar-refractivity contribution in [3.8, 4) is 22.6 Å². The highest BCUT2D eigenvalue weighted by atomic mass is 19.3. The third-order valence-electron chi connectivity index (χ3n) is 6.83. The van der Waals surface area contributed by atoms with Crippen LogP contribution in [0.3, 0.4) is 0 Å². The van der Waals surface area contributed by atoms with Gasteiger partial charge in [0.2, 0.25) is 5.82 Å². The zero-order chi connectivity index (χ0) is 27.5. The largest absolute Gasteiger partial charge is 0.342 e. The molecule has 0 radical (unpaired) electrons. The maximum Gasteiger partial charge on any atom is 0.334 e. The summed E-state index contributed by atoms with van der Waals surface area (Å²) < 4.78 is 77.7. The van der Waals surface area contributed by atoms with Crippen molar-refractivity contribution in [1.29, 1.82) is 0 Å². The summed E-state index contributed by atoms with van der Waals surface area (Å²) in [4.78, 5) is 4.42. The molecule has 200 valence electrons. The van der Waals surface area contributed by atoms with Crippen LogP contribution in [0.4, 0.5) is 33.6 Å². The third-order valence-corrected chi connectivity index (χ3v) is 6.83. The number of hydrogen-bond donors (Lipinski definition) is 1. The molecule has 1 aliphatic heterocycles. The van der Waals surface area contributed by atoms with Gasteiger partial charge in [0.15, 0.2) is 17.5 Å². The molecule has 6 rings (SSSR count). The van der Waals surface area contributed by atoms with Crippen molar-refractivity contribution in [2.45, 2.75) is 25.4 Å². The van der Waals surface area contributed by atoms with Gasteiger partial charge < -0.3 is 9.88 Å². The quantitative estimate of drug-likeness (QED) is 0.287. The molecule has 0 saturated heterocycles. The summed E-state index contributed by atoms with van der Waals surface area (Å²) in [6.45, 7) is 0.890. The lowest BCUT2D eigenvalue weighted by atomic mass is 10.0. The highest BCUT2D eigenvalue weighted by molar-refractivity contribution is 5.75. The molecule has 0 saturated carbocycles. The summed E-state index contributed by atoms with van der Waals surface area (Å²) in [5.74, 6) is -6.83. The number of anilines is 2. The molecule has 5 aromatic rings. The average molecular weight is 541 g/mol. The second kappa shape index (κ2) is 9.03. The van der Waals surface area contributed by atoms with Crippen molar-refractivity contribution in [3.63, 3.8) is 0 Å². The molecular formula is C26H21F5N8. The minimum Gasteiger partial charge on any atom is -0.342 e. The number of aryl methyl sites for hydroxylation is 2. The molecule has 39 heavy (non-hydrogen) atoms. The van der Waals surface area contributed by atoms with E-state index in [4.69, 9.17) is 0 Å². The molecule has 0 amide bonds. The SMILES string of the molecule is Cc1cnc(Nc2ccnn2C)cc1-c1cc2n(c1)C[C@H](CF)n1c-2nnc1C(F)(F)c1cccc(F)c1F. The molecule has 0 unspecified atom stereocenters. The summed E-state index contributed by atoms with van der Waals surface area (Å²) >= 11 is 0. The number of aromatic nitrogens is 7. The van der Waals surface area contributed by atoms with Crippen molar-refractivity contribution in [3.05, 3.63) is 83.6 Å². The van der Waals surface area contributed by atoms with E-state index >= 15 is 8.78 Å². The molecule has 0 bridgehead atoms. The molecule has 1 aromatic carbocycles. The summed E-state index contributed by atoms with van der Waals surface area (Å²) in [5, 5.41) is 14.9. The summed E-state index contributed by atoms with van der Waals surface area (Å²) in [6, 6.07) is 6.80. The molecular weight excluding hydrogens is 519 g/mol. The zero-order valence-electron chi connectivity index (χ0n) is 20.7. The topological polar surface area (TPSA) is 78.4 Å². The van der Waals surface area contributed by atoms with Gasteiger partial charge in [-0.3, -0.25) is 9.25 Å². The van der Waals surface area contributed by atoms with Gasteiger partial charge in [-0.2, -0.15) is 13.9 Å². The number of alkyl halides is 3. The van der Waals surface area contributed by atoms with E-state index in [0.29, 0.717) is 11.5 Å². The fourth-order valence-corrected chi connectivity index (χ4v) is 4.85. The number of rotatable bonds is 6. The first-order valence-electron chi connectivity index (χ1n) is 11.9. The van der Waals surface area contributed by atoms with Crippen LogP contribution in [0.25, 0.3) is 22.6 Å². The van der Waals surface area contributed by atoms with Gasteiger partial charge in [0, 0.05) is 37.6 Å². The first-order valence-corrected chi connectivity index (χ1v) is 11.9. The Hall–Kier alpha value is -4.55. The van der Waals surface area contributed by atoms with E-state index in [1.54, 1.807) is 47.0 Å². The van der Waals surface area contributed by atoms with Crippen molar-refractivity contribution < 1.29 is 22.0 Å². The Bertz CT molecular complexity index is 1700. The molecule has 1 atom stereocenters. The van der Waals surface area contributed by atoms with E-state index in [1.807, 2.05) is 13.0 Å². The van der Waals surface area contributed by atoms with Gasteiger partial charge in [0.25, 0.3) is 0 Å². The summed E-state index contributed by atoms with van der Waals surface area (Å²) in [5.41, 5.74) is 1.63. The fraction of sp³-hybridized carbons (Fsp3) is 0.231. The maximum absolute atomic E-state index is 15.5. The van der Waals surface area contributed by atoms with Crippen LogP contribution in [-0.2, 0) is 19.5 Å². The standard InChI is InChI=1S/C26H21F5N8/c1-14-11-32-21(34-22-6-7-33-37(22)2)9-17(14)15-8-20-24-35-36-25(39(24)16(10-27)13-38(20)12-15)26(30,31)18-4-3-5-19(28)23(18)29/h3-9,11-12,16H,10,13H2,1-2H3,(H,32,34)/t16-/m0/s1. The Morgan fingerprint density at radius 3 is 2.69 bits per heavy atom. The van der Waals surface area contributed by atoms with E-state index in [2.05, 4.69) is 25.6 Å². The predicted octanol–water partition coefficient (Wildman–Crippen LogP) is 5.54. The monoisotopic (exact) mass is 540 g/mol. The molecule has 13 heteroatoms. The van der Waals surface area contributed by atoms with E-state index in [1.165, 1.54) is 0 Å². The lowest BCUT2D eigenvalue weighted by Gasteiger charge is -2.28. The van der Waals surface area contributed by atoms with E-state index < -0.39 is 41.7 Å². The maximum atomic E-state index is 15.5. The average Bonchev–Trinajstić information content (AvgIpc) is 3.64. The first-order chi connectivity index (χ1) is 18.7. The minimum atomic E-state index is -4.06. The lowest BCUT2D eigenvalue weighted by Crippen LogP contribution is -2.30. The normalized spacial score (nSPS) is 14.8. The molecule has 0 fully saturated rings. The van der Waals surface area contributed by atoms with Gasteiger partial charge in [0.1, 0.15) is 18.3 Å². The molecule has 5 heterocycles. The highest BCUT2D eigenvalue weighted by Crippen LogP contribution is 2.42. The molecule has 8 nitrogen and oxygen atoms in total. The van der Waals surface area contributed by atoms with Crippen molar-refractivity contribution in [1.82, 2.24) is 34.1 Å². The van der Waals surface area contributed by atoms with Crippen molar-refractivity contribution in [2.75, 3.05) is 12.0 Å². The van der Waals surface area contributed by atoms with Gasteiger partial charge in [-0.05, 0) is 42.3 Å². The van der Waals surface area contributed by atoms with Gasteiger partial charge >= 0.3 is 5.92 Å². The van der Waals surface area contributed by atoms with Gasteiger partial charge in [-0.1, -0.05) is 6.07 Å². The van der Waals surface area contributed by atoms with E-state index in [9.17, 15) is 13.2 Å². The molecule has 4 aromatic heterocycles. The molecule has 0 aliphatic carbocycles. The van der Waals surface area contributed by atoms with Gasteiger partial charge in [-0.15, -0.1) is 10.2 Å². The Kier molecular flexibility index (Phi) is 5.74. The summed E-state index contributed by atoms with van der Waals surface area (Å²) in [7, 11) is 1.79. The van der Waals surface area contributed by atoms with E-state index in [0.717, 1.165) is 45.3 Å². The Morgan fingerprint density at radius 2 is 1.95 bits per heavy atom. The van der Waals surface area contributed by atoms with Crippen LogP contribution in [0.2, 0.25) is 0 Å². The lowest BCUT2D eigenvalue weighted by molar-refractivity contribution is 0.0214. The molecule has 1 N–H and O–H groups in total. The Balaban J connectivity index is 1.42. The van der Waals surface area contributed by atoms with Crippen LogP contribution in [0.5, 0.6) is 0 Å². The second-order valence-electron chi connectivity index (χ2n) is 9.32. The third kappa shape index (κ3) is 3.96. The smallest absolute Gasteiger partial charge is 0.334 e. The number of hydrogen-bond acceptors (Lipinski definition) is 5. The van der Waals surface area contributed by atoms with Crippen LogP contribution < -0.4 is 5.32 Å². The number of halogens is 5. The fourth-order valence-electron chi connectivity index (χ4n) is 4.85. The van der Waals surface area contributed by atoms with Crippen LogP contribution in [0.15, 0.2) is 55.0 Å².